The molecule has 20 nitrogen and oxygen atoms in total. The number of rotatable bonds is 36. The molecule has 6 aromatic rings. The van der Waals surface area contributed by atoms with E-state index in [0.29, 0.717) is 92.3 Å². The molecule has 0 aliphatic rings. The van der Waals surface area contributed by atoms with Crippen LogP contribution in [-0.2, 0) is 32.4 Å². The van der Waals surface area contributed by atoms with E-state index in [9.17, 15) is 13.0 Å². The van der Waals surface area contributed by atoms with Crippen LogP contribution in [0.25, 0.3) is 12.2 Å². The monoisotopic (exact) mass is 1020 g/mol. The van der Waals surface area contributed by atoms with E-state index < -0.39 is 10.1 Å². The van der Waals surface area contributed by atoms with Gasteiger partial charge in [-0.15, -0.1) is 0 Å². The molecular formula is C52H70N14O6S. The van der Waals surface area contributed by atoms with E-state index in [4.69, 9.17) is 24.5 Å². The average molecular weight is 1020 g/mol. The van der Waals surface area contributed by atoms with E-state index in [2.05, 4.69) is 69.4 Å². The average Bonchev–Trinajstić information content (AvgIpc) is 3.38. The van der Waals surface area contributed by atoms with Crippen molar-refractivity contribution in [1.82, 2.24) is 51.2 Å². The Hall–Kier alpha value is -6.53. The lowest BCUT2D eigenvalue weighted by Gasteiger charge is -2.12. The van der Waals surface area contributed by atoms with E-state index in [1.54, 1.807) is 24.3 Å². The molecule has 0 atom stereocenters. The van der Waals surface area contributed by atoms with E-state index in [1.807, 2.05) is 84.9 Å². The molecule has 0 saturated carbocycles. The van der Waals surface area contributed by atoms with Crippen LogP contribution in [0.5, 0.6) is 0 Å². The third-order valence-corrected chi connectivity index (χ3v) is 11.7. The van der Waals surface area contributed by atoms with Gasteiger partial charge in [0.15, 0.2) is 0 Å². The largest absolute Gasteiger partial charge is 0.394 e. The molecule has 0 unspecified atom stereocenters. The molecular weight excluding hydrogens is 949 g/mol. The van der Waals surface area contributed by atoms with Crippen molar-refractivity contribution in [2.24, 2.45) is 0 Å². The Bertz CT molecular complexity index is 2650. The molecule has 390 valence electrons. The molecule has 0 fully saturated rings. The maximum Gasteiger partial charge on any atom is 0.295 e. The zero-order valence-corrected chi connectivity index (χ0v) is 42.3. The highest BCUT2D eigenvalue weighted by Crippen LogP contribution is 2.24. The number of anilines is 6. The van der Waals surface area contributed by atoms with Crippen molar-refractivity contribution in [3.8, 4) is 0 Å². The Morgan fingerprint density at radius 1 is 0.521 bits per heavy atom. The topological polar surface area (TPSA) is 267 Å². The van der Waals surface area contributed by atoms with Gasteiger partial charge >= 0.3 is 0 Å². The second-order valence-electron chi connectivity index (χ2n) is 16.7. The quantitative estimate of drug-likeness (QED) is 0.0139. The van der Waals surface area contributed by atoms with Gasteiger partial charge in [-0.3, -0.25) is 4.55 Å². The van der Waals surface area contributed by atoms with Gasteiger partial charge in [0.05, 0.1) is 26.4 Å². The minimum atomic E-state index is -4.62. The van der Waals surface area contributed by atoms with Gasteiger partial charge in [-0.2, -0.15) is 38.3 Å². The summed E-state index contributed by atoms with van der Waals surface area (Å²) in [6.45, 7) is 12.1. The van der Waals surface area contributed by atoms with Gasteiger partial charge in [0.2, 0.25) is 23.8 Å². The van der Waals surface area contributed by atoms with Crippen LogP contribution in [0.2, 0.25) is 0 Å². The summed E-state index contributed by atoms with van der Waals surface area (Å²) in [6.07, 6.45) is 5.85. The Morgan fingerprint density at radius 3 is 1.56 bits per heavy atom. The summed E-state index contributed by atoms with van der Waals surface area (Å²) in [4.78, 5) is 27.7. The molecule has 2 heterocycles. The molecule has 0 amide bonds. The van der Waals surface area contributed by atoms with Gasteiger partial charge in [-0.1, -0.05) is 91.9 Å². The smallest absolute Gasteiger partial charge is 0.295 e. The maximum absolute atomic E-state index is 12.8. The Balaban J connectivity index is 1.05. The summed E-state index contributed by atoms with van der Waals surface area (Å²) in [5.41, 5.74) is 4.29. The van der Waals surface area contributed by atoms with Crippen molar-refractivity contribution < 1.29 is 27.6 Å². The van der Waals surface area contributed by atoms with Crippen molar-refractivity contribution in [3.05, 3.63) is 137 Å². The number of aliphatic hydroxyl groups excluding tert-OH is 1. The highest BCUT2D eigenvalue weighted by atomic mass is 32.2. The number of benzene rings is 4. The fourth-order valence-electron chi connectivity index (χ4n) is 7.15. The predicted octanol–water partition coefficient (Wildman–Crippen LogP) is 5.15. The molecule has 0 aliphatic carbocycles. The van der Waals surface area contributed by atoms with E-state index in [-0.39, 0.29) is 24.5 Å². The lowest BCUT2D eigenvalue weighted by atomic mass is 10.1. The van der Waals surface area contributed by atoms with Crippen LogP contribution in [0, 0.1) is 0 Å². The summed E-state index contributed by atoms with van der Waals surface area (Å²) in [7, 11) is -4.62. The molecule has 4 aromatic carbocycles. The lowest BCUT2D eigenvalue weighted by Crippen LogP contribution is -2.36. The fraction of sp³-hybridized carbons (Fsp3) is 0.385. The minimum Gasteiger partial charge on any atom is -0.394 e. The number of aliphatic hydroxyl groups is 1. The lowest BCUT2D eigenvalue weighted by molar-refractivity contribution is 0.0331. The zero-order chi connectivity index (χ0) is 51.2. The third-order valence-electron chi connectivity index (χ3n) is 10.7. The van der Waals surface area contributed by atoms with Crippen LogP contribution in [0.4, 0.5) is 35.2 Å². The van der Waals surface area contributed by atoms with Crippen LogP contribution in [0.3, 0.4) is 0 Å². The number of aromatic nitrogens is 6. The minimum absolute atomic E-state index is 0.0302. The first kappa shape index (κ1) is 55.8. The number of hydrogen-bond donors (Lipinski definition) is 10. The number of hydrogen-bond acceptors (Lipinski definition) is 19. The van der Waals surface area contributed by atoms with Crippen molar-refractivity contribution in [1.29, 1.82) is 0 Å². The van der Waals surface area contributed by atoms with E-state index in [1.165, 1.54) is 6.07 Å². The van der Waals surface area contributed by atoms with Crippen LogP contribution < -0.4 is 42.5 Å². The molecule has 0 bridgehead atoms. The molecule has 21 heteroatoms. The normalized spacial score (nSPS) is 11.5. The molecule has 0 spiro atoms. The third kappa shape index (κ3) is 21.6. The number of nitrogens with zero attached hydrogens (tertiary/aromatic N) is 6. The molecule has 2 aromatic heterocycles. The van der Waals surface area contributed by atoms with Crippen LogP contribution in [0.1, 0.15) is 53.7 Å². The molecule has 6 rings (SSSR count). The Morgan fingerprint density at radius 2 is 1.01 bits per heavy atom. The SMILES string of the molecule is CCCNCCNCCNCCNCCNc1nc(Cc2ccc(/C=C/c3ccc(Cc4nc(NCCCOCCOCCO)nc(Nc5ccccc5)n4)cc3S(=O)(=O)O)cc2)nc(Nc2ccccc2)n1. The summed E-state index contributed by atoms with van der Waals surface area (Å²) >= 11 is 0. The second kappa shape index (κ2) is 31.8. The van der Waals surface area contributed by atoms with E-state index in [0.717, 1.165) is 81.3 Å². The summed E-state index contributed by atoms with van der Waals surface area (Å²) < 4.78 is 46.8. The maximum atomic E-state index is 12.8. The first-order valence-corrected chi connectivity index (χ1v) is 26.3. The highest BCUT2D eigenvalue weighted by Gasteiger charge is 2.17. The van der Waals surface area contributed by atoms with Gasteiger partial charge in [0.1, 0.15) is 16.5 Å². The summed E-state index contributed by atoms with van der Waals surface area (Å²) in [5, 5.41) is 35.6. The number of nitrogens with one attached hydrogen (secondary N) is 8. The van der Waals surface area contributed by atoms with Gasteiger partial charge in [0, 0.05) is 89.7 Å². The molecule has 73 heavy (non-hydrogen) atoms. The molecule has 0 radical (unpaired) electrons. The van der Waals surface area contributed by atoms with Crippen molar-refractivity contribution in [3.63, 3.8) is 0 Å². The number of ether oxygens (including phenoxy) is 2. The van der Waals surface area contributed by atoms with Crippen LogP contribution >= 0.6 is 0 Å². The van der Waals surface area contributed by atoms with Crippen molar-refractivity contribution in [2.45, 2.75) is 37.5 Å². The standard InChI is InChI=1S/C52H70N14O6S/c1-2-22-53-24-25-54-26-27-55-28-29-56-30-31-58-50-61-47(63-51(66-50)59-44-10-5-3-6-11-44)38-41-16-14-40(15-17-41)18-20-43-21-19-42(37-46(43)73(68,69)70)39-48-62-49(57-23-9-33-71-35-36-72-34-32-67)65-52(64-48)60-45-12-7-4-8-13-45/h3-8,10-21,37,53-56,67H,2,9,22-36,38-39H2,1H3,(H,68,69,70)(H2,57,60,62,64,65)(H2,58,59,61,63,66)/b20-18+. The fourth-order valence-corrected chi connectivity index (χ4v) is 7.88. The molecule has 10 N–H and O–H groups in total. The highest BCUT2D eigenvalue weighted by molar-refractivity contribution is 7.86. The summed E-state index contributed by atoms with van der Waals surface area (Å²) in [6, 6.07) is 31.9. The summed E-state index contributed by atoms with van der Waals surface area (Å²) in [5.74, 6) is 2.49. The second-order valence-corrected chi connectivity index (χ2v) is 18.1. The molecule has 0 aliphatic heterocycles. The van der Waals surface area contributed by atoms with Crippen molar-refractivity contribution >= 4 is 57.4 Å². The van der Waals surface area contributed by atoms with Gasteiger partial charge in [0.25, 0.3) is 10.1 Å². The van der Waals surface area contributed by atoms with Gasteiger partial charge in [-0.05, 0) is 72.0 Å². The molecule has 0 saturated heterocycles. The first-order valence-electron chi connectivity index (χ1n) is 24.8. The predicted molar refractivity (Wildman–Crippen MR) is 288 cm³/mol. The van der Waals surface area contributed by atoms with Gasteiger partial charge in [-0.25, -0.2) is 0 Å². The first-order chi connectivity index (χ1) is 35.7. The zero-order valence-electron chi connectivity index (χ0n) is 41.5. The Labute approximate surface area is 428 Å². The van der Waals surface area contributed by atoms with Gasteiger partial charge < -0.3 is 57.1 Å². The van der Waals surface area contributed by atoms with Crippen LogP contribution in [0.15, 0.2) is 108 Å². The van der Waals surface area contributed by atoms with Crippen LogP contribution in [-0.4, -0.2) is 146 Å². The van der Waals surface area contributed by atoms with E-state index >= 15 is 0 Å². The number of para-hydroxylation sites is 2. The van der Waals surface area contributed by atoms with Crippen molar-refractivity contribution in [2.75, 3.05) is 120 Å². The Kier molecular flexibility index (Phi) is 24.3.